The van der Waals surface area contributed by atoms with Gasteiger partial charge in [0.2, 0.25) is 0 Å². The number of nitrogens with zero attached hydrogens (tertiary/aromatic N) is 1. The van der Waals surface area contributed by atoms with Gasteiger partial charge in [-0.2, -0.15) is 0 Å². The fraction of sp³-hybridized carbons (Fsp3) is 0.500. The van der Waals surface area contributed by atoms with Gasteiger partial charge in [0.1, 0.15) is 28.8 Å². The summed E-state index contributed by atoms with van der Waals surface area (Å²) in [6.45, 7) is 4.68. The lowest BCUT2D eigenvalue weighted by Gasteiger charge is -2.52. The first kappa shape index (κ1) is 23.0. The van der Waals surface area contributed by atoms with Crippen molar-refractivity contribution in [3.8, 4) is 17.1 Å². The average molecular weight is 457 g/mol. The molecular weight excluding hydrogens is 430 g/mol. The highest BCUT2D eigenvalue weighted by atomic mass is 16.6. The van der Waals surface area contributed by atoms with E-state index in [0.717, 1.165) is 0 Å². The van der Waals surface area contributed by atoms with Crippen molar-refractivity contribution in [1.82, 2.24) is 4.98 Å². The fourth-order valence-electron chi connectivity index (χ4n) is 4.94. The number of pyridine rings is 1. The van der Waals surface area contributed by atoms with Crippen LogP contribution in [-0.2, 0) is 19.1 Å². The van der Waals surface area contributed by atoms with Crippen LogP contribution in [0.15, 0.2) is 39.8 Å². The SMILES string of the molecule is CC(=O)OCC[C@@H]1C[C@@H]2[C@@H](O)c3c(cc(-c4cccnc4)oc3=O)O[C@@]2(C)[C@H](OC(C)=O)C1. The summed E-state index contributed by atoms with van der Waals surface area (Å²) in [5.74, 6) is -0.907. The smallest absolute Gasteiger partial charge is 0.345 e. The van der Waals surface area contributed by atoms with Crippen LogP contribution in [0.25, 0.3) is 11.3 Å². The van der Waals surface area contributed by atoms with Crippen molar-refractivity contribution >= 4 is 11.9 Å². The molecule has 1 aliphatic carbocycles. The first-order valence-electron chi connectivity index (χ1n) is 10.9. The van der Waals surface area contributed by atoms with E-state index in [9.17, 15) is 19.5 Å². The van der Waals surface area contributed by atoms with Crippen LogP contribution in [0.5, 0.6) is 5.75 Å². The van der Waals surface area contributed by atoms with Crippen molar-refractivity contribution in [3.63, 3.8) is 0 Å². The molecule has 2 aliphatic rings. The van der Waals surface area contributed by atoms with Gasteiger partial charge in [0.05, 0.1) is 12.7 Å². The lowest BCUT2D eigenvalue weighted by molar-refractivity contribution is -0.192. The number of aromatic nitrogens is 1. The van der Waals surface area contributed by atoms with Crippen molar-refractivity contribution in [2.24, 2.45) is 11.8 Å². The predicted molar refractivity (Wildman–Crippen MR) is 115 cm³/mol. The van der Waals surface area contributed by atoms with Crippen LogP contribution < -0.4 is 10.4 Å². The maximum absolute atomic E-state index is 12.9. The molecule has 0 aromatic carbocycles. The number of hydrogen-bond donors (Lipinski definition) is 1. The first-order valence-corrected chi connectivity index (χ1v) is 10.9. The van der Waals surface area contributed by atoms with E-state index in [0.29, 0.717) is 24.8 Å². The zero-order valence-corrected chi connectivity index (χ0v) is 18.8. The Labute approximate surface area is 190 Å². The number of aliphatic hydroxyl groups excluding tert-OH is 1. The highest BCUT2D eigenvalue weighted by Gasteiger charge is 2.57. The topological polar surface area (TPSA) is 125 Å². The van der Waals surface area contributed by atoms with Crippen LogP contribution in [0.3, 0.4) is 0 Å². The van der Waals surface area contributed by atoms with E-state index >= 15 is 0 Å². The maximum atomic E-state index is 12.9. The number of fused-ring (bicyclic) bond motifs is 2. The number of carbonyl (C=O) groups is 2. The molecule has 4 rings (SSSR count). The minimum atomic E-state index is -1.17. The van der Waals surface area contributed by atoms with Crippen molar-refractivity contribution in [3.05, 3.63) is 46.6 Å². The molecule has 1 aliphatic heterocycles. The van der Waals surface area contributed by atoms with E-state index in [1.807, 2.05) is 0 Å². The molecule has 176 valence electrons. The molecule has 1 saturated carbocycles. The molecule has 2 aromatic rings. The summed E-state index contributed by atoms with van der Waals surface area (Å²) in [6.07, 6.45) is 2.85. The van der Waals surface area contributed by atoms with E-state index in [-0.39, 0.29) is 35.6 Å². The van der Waals surface area contributed by atoms with Crippen LogP contribution in [0.1, 0.15) is 51.7 Å². The minimum Gasteiger partial charge on any atom is -0.482 e. The summed E-state index contributed by atoms with van der Waals surface area (Å²) in [7, 11) is 0. The van der Waals surface area contributed by atoms with Crippen LogP contribution in [0.2, 0.25) is 0 Å². The zero-order chi connectivity index (χ0) is 23.8. The average Bonchev–Trinajstić information content (AvgIpc) is 2.75. The second-order valence-electron chi connectivity index (χ2n) is 8.82. The zero-order valence-electron chi connectivity index (χ0n) is 18.8. The molecule has 1 N–H and O–H groups in total. The number of hydrogen-bond acceptors (Lipinski definition) is 9. The van der Waals surface area contributed by atoms with Crippen molar-refractivity contribution < 1.29 is 33.3 Å². The fourth-order valence-corrected chi connectivity index (χ4v) is 4.94. The summed E-state index contributed by atoms with van der Waals surface area (Å²) in [6, 6.07) is 5.03. The Hall–Kier alpha value is -3.20. The highest BCUT2D eigenvalue weighted by Crippen LogP contribution is 2.52. The van der Waals surface area contributed by atoms with Crippen LogP contribution in [0.4, 0.5) is 0 Å². The Kier molecular flexibility index (Phi) is 6.25. The second kappa shape index (κ2) is 8.97. The molecule has 0 bridgehead atoms. The molecule has 0 amide bonds. The molecule has 0 unspecified atom stereocenters. The van der Waals surface area contributed by atoms with E-state index in [1.165, 1.54) is 13.8 Å². The van der Waals surface area contributed by atoms with Gasteiger partial charge in [-0.3, -0.25) is 14.6 Å². The van der Waals surface area contributed by atoms with Gasteiger partial charge in [-0.1, -0.05) is 0 Å². The number of carbonyl (C=O) groups excluding carboxylic acids is 2. The molecule has 33 heavy (non-hydrogen) atoms. The monoisotopic (exact) mass is 457 g/mol. The van der Waals surface area contributed by atoms with Gasteiger partial charge in [0.15, 0.2) is 0 Å². The third-order valence-electron chi connectivity index (χ3n) is 6.55. The second-order valence-corrected chi connectivity index (χ2v) is 8.82. The Morgan fingerprint density at radius 3 is 2.73 bits per heavy atom. The largest absolute Gasteiger partial charge is 0.482 e. The summed E-state index contributed by atoms with van der Waals surface area (Å²) < 4.78 is 22.5. The molecule has 9 nitrogen and oxygen atoms in total. The van der Waals surface area contributed by atoms with E-state index in [1.54, 1.807) is 37.5 Å². The molecule has 5 atom stereocenters. The Morgan fingerprint density at radius 1 is 1.27 bits per heavy atom. The quantitative estimate of drug-likeness (QED) is 0.675. The van der Waals surface area contributed by atoms with Gasteiger partial charge in [-0.05, 0) is 44.2 Å². The molecular formula is C24H27NO8. The lowest BCUT2D eigenvalue weighted by Crippen LogP contribution is -2.60. The van der Waals surface area contributed by atoms with Gasteiger partial charge >= 0.3 is 17.6 Å². The first-order chi connectivity index (χ1) is 15.7. The van der Waals surface area contributed by atoms with Crippen molar-refractivity contribution in [2.45, 2.75) is 57.8 Å². The van der Waals surface area contributed by atoms with E-state index < -0.39 is 35.3 Å². The number of ether oxygens (including phenoxy) is 3. The number of rotatable bonds is 5. The molecule has 2 aromatic heterocycles. The van der Waals surface area contributed by atoms with Crippen molar-refractivity contribution in [2.75, 3.05) is 6.61 Å². The third kappa shape index (κ3) is 4.50. The minimum absolute atomic E-state index is 0.00622. The van der Waals surface area contributed by atoms with Gasteiger partial charge in [-0.25, -0.2) is 4.79 Å². The lowest BCUT2D eigenvalue weighted by atomic mass is 9.64. The molecule has 0 radical (unpaired) electrons. The summed E-state index contributed by atoms with van der Waals surface area (Å²) in [4.78, 5) is 39.9. The Bertz CT molecular complexity index is 1100. The van der Waals surface area contributed by atoms with Crippen LogP contribution in [-0.4, -0.2) is 40.3 Å². The number of aliphatic hydroxyl groups is 1. The van der Waals surface area contributed by atoms with Gasteiger partial charge in [-0.15, -0.1) is 0 Å². The van der Waals surface area contributed by atoms with Gasteiger partial charge in [0.25, 0.3) is 0 Å². The molecule has 9 heteroatoms. The predicted octanol–water partition coefficient (Wildman–Crippen LogP) is 2.80. The third-order valence-corrected chi connectivity index (χ3v) is 6.55. The van der Waals surface area contributed by atoms with Crippen molar-refractivity contribution in [1.29, 1.82) is 0 Å². The standard InChI is InChI=1S/C24H27NO8/c1-13(26)30-8-6-15-9-17-22(28)21-19(33-24(17,3)20(10-15)31-14(2)27)11-18(32-23(21)29)16-5-4-7-25-12-16/h4-5,7,11-12,15,17,20,22,28H,6,8-10H2,1-3H3/t15-,17-,20-,22-,24-/m1/s1. The summed E-state index contributed by atoms with van der Waals surface area (Å²) >= 11 is 0. The molecule has 3 heterocycles. The summed E-state index contributed by atoms with van der Waals surface area (Å²) in [5.41, 5.74) is -1.11. The van der Waals surface area contributed by atoms with Gasteiger partial charge < -0.3 is 23.7 Å². The Morgan fingerprint density at radius 2 is 2.06 bits per heavy atom. The van der Waals surface area contributed by atoms with E-state index in [2.05, 4.69) is 4.98 Å². The number of esters is 2. The van der Waals surface area contributed by atoms with Crippen LogP contribution in [0, 0.1) is 11.8 Å². The molecule has 0 spiro atoms. The van der Waals surface area contributed by atoms with Gasteiger partial charge in [0, 0.05) is 43.8 Å². The van der Waals surface area contributed by atoms with Crippen LogP contribution >= 0.6 is 0 Å². The molecule has 0 saturated heterocycles. The maximum Gasteiger partial charge on any atom is 0.345 e. The van der Waals surface area contributed by atoms with E-state index in [4.69, 9.17) is 18.6 Å². The molecule has 1 fully saturated rings. The summed E-state index contributed by atoms with van der Waals surface area (Å²) in [5, 5.41) is 11.3. The highest BCUT2D eigenvalue weighted by molar-refractivity contribution is 5.66. The normalized spacial score (nSPS) is 28.1. The Balaban J connectivity index is 1.70.